The Morgan fingerprint density at radius 3 is 1.48 bits per heavy atom. The van der Waals surface area contributed by atoms with Crippen LogP contribution in [0.4, 0.5) is 11.4 Å². The van der Waals surface area contributed by atoms with Gasteiger partial charge < -0.3 is 11.1 Å². The standard InChI is InChI=1S/C11H15N.C10H16.C7H9N.2C4H10.3C2H6/c1-4-10(3)12-11-7-5-9(2)6-8-11;1-2-10-8-6-4-3-5-7-9-10;1-6-2-4-7(8)5-3-6;2*1-3-4-2;3*1-2/h5-8,12H,3-4H2,1-2H3;4,6,8H,2-3,5,7,9H2,1H3;2-5H,8H2,1H3;2*3-4H2,1-2H3;3*1-2H3/b;6-4-,10-8-;;;;;;. The summed E-state index contributed by atoms with van der Waals surface area (Å²) in [7, 11) is 0. The van der Waals surface area contributed by atoms with E-state index in [0.717, 1.165) is 23.5 Å². The smallest absolute Gasteiger partial charge is 0.0381 e. The van der Waals surface area contributed by atoms with Crippen LogP contribution < -0.4 is 11.1 Å². The summed E-state index contributed by atoms with van der Waals surface area (Å²) >= 11 is 0. The maximum absolute atomic E-state index is 5.43. The lowest BCUT2D eigenvalue weighted by Crippen LogP contribution is -1.95. The number of unbranched alkanes of at least 4 members (excludes halogenated alkanes) is 2. The van der Waals surface area contributed by atoms with Crippen molar-refractivity contribution in [3.63, 3.8) is 0 Å². The molecule has 0 heterocycles. The first kappa shape index (κ1) is 50.9. The number of hydrogen-bond donors (Lipinski definition) is 2. The lowest BCUT2D eigenvalue weighted by Gasteiger charge is -2.06. The van der Waals surface area contributed by atoms with Crippen LogP contribution in [0.15, 0.2) is 84.6 Å². The van der Waals surface area contributed by atoms with Crippen LogP contribution >= 0.6 is 0 Å². The van der Waals surface area contributed by atoms with Crippen LogP contribution in [0, 0.1) is 13.8 Å². The summed E-state index contributed by atoms with van der Waals surface area (Å²) in [6.45, 7) is 33.0. The van der Waals surface area contributed by atoms with Crippen molar-refractivity contribution in [1.82, 2.24) is 0 Å². The van der Waals surface area contributed by atoms with Crippen molar-refractivity contribution in [2.75, 3.05) is 11.1 Å². The van der Waals surface area contributed by atoms with E-state index in [2.05, 4.69) is 103 Å². The van der Waals surface area contributed by atoms with Gasteiger partial charge in [-0.05, 0) is 76.6 Å². The third kappa shape index (κ3) is 41.4. The topological polar surface area (TPSA) is 38.0 Å². The number of hydrogen-bond acceptors (Lipinski definition) is 2. The highest BCUT2D eigenvalue weighted by Gasteiger charge is 1.95. The van der Waals surface area contributed by atoms with Gasteiger partial charge >= 0.3 is 0 Å². The van der Waals surface area contributed by atoms with Gasteiger partial charge in [0.2, 0.25) is 0 Å². The summed E-state index contributed by atoms with van der Waals surface area (Å²) in [6, 6.07) is 16.1. The lowest BCUT2D eigenvalue weighted by atomic mass is 10.0. The Morgan fingerprint density at radius 2 is 1.11 bits per heavy atom. The number of anilines is 2. The van der Waals surface area contributed by atoms with Crippen molar-refractivity contribution in [3.05, 3.63) is 95.7 Å². The molecular weight excluding hydrogens is 532 g/mol. The Labute approximate surface area is 278 Å². The fourth-order valence-corrected chi connectivity index (χ4v) is 2.79. The van der Waals surface area contributed by atoms with Gasteiger partial charge in [-0.25, -0.2) is 0 Å². The summed E-state index contributed by atoms with van der Waals surface area (Å²) in [5.41, 5.74) is 12.6. The summed E-state index contributed by atoms with van der Waals surface area (Å²) in [4.78, 5) is 0. The van der Waals surface area contributed by atoms with Crippen LogP contribution in [-0.4, -0.2) is 0 Å². The van der Waals surface area contributed by atoms with E-state index in [1.54, 1.807) is 5.57 Å². The quantitative estimate of drug-likeness (QED) is 0.319. The van der Waals surface area contributed by atoms with Crippen molar-refractivity contribution in [2.24, 2.45) is 0 Å². The number of allylic oxidation sites excluding steroid dienone is 5. The fraction of sp³-hybridized carbons (Fsp3) is 0.571. The minimum Gasteiger partial charge on any atom is -0.399 e. The van der Waals surface area contributed by atoms with Crippen LogP contribution in [0.1, 0.15) is 158 Å². The second-order valence-electron chi connectivity index (χ2n) is 9.71. The second kappa shape index (κ2) is 44.7. The minimum atomic E-state index is 0.829. The van der Waals surface area contributed by atoms with Gasteiger partial charge in [-0.3, -0.25) is 0 Å². The Kier molecular flexibility index (Phi) is 51.7. The van der Waals surface area contributed by atoms with E-state index >= 15 is 0 Å². The molecule has 1 aliphatic carbocycles. The predicted molar refractivity (Wildman–Crippen MR) is 211 cm³/mol. The molecule has 2 heteroatoms. The van der Waals surface area contributed by atoms with E-state index in [-0.39, 0.29) is 0 Å². The molecule has 1 aliphatic rings. The zero-order chi connectivity index (χ0) is 35.0. The van der Waals surface area contributed by atoms with E-state index in [0.29, 0.717) is 0 Å². The maximum atomic E-state index is 5.43. The third-order valence-corrected chi connectivity index (χ3v) is 5.92. The van der Waals surface area contributed by atoms with Gasteiger partial charge in [-0.1, -0.05) is 175 Å². The van der Waals surface area contributed by atoms with Gasteiger partial charge in [0.15, 0.2) is 0 Å². The van der Waals surface area contributed by atoms with Gasteiger partial charge in [0.1, 0.15) is 0 Å². The molecule has 2 nitrogen and oxygen atoms in total. The van der Waals surface area contributed by atoms with E-state index in [9.17, 15) is 0 Å². The molecule has 0 spiro atoms. The Balaban J connectivity index is -0.000000145. The van der Waals surface area contributed by atoms with E-state index in [1.165, 1.54) is 68.9 Å². The Morgan fingerprint density at radius 1 is 0.682 bits per heavy atom. The molecule has 0 amide bonds. The molecule has 0 fully saturated rings. The van der Waals surface area contributed by atoms with Crippen molar-refractivity contribution in [1.29, 1.82) is 0 Å². The van der Waals surface area contributed by atoms with Gasteiger partial charge in [0.25, 0.3) is 0 Å². The van der Waals surface area contributed by atoms with Crippen LogP contribution in [0.2, 0.25) is 0 Å². The largest absolute Gasteiger partial charge is 0.399 e. The minimum absolute atomic E-state index is 0.829. The average Bonchev–Trinajstić information content (AvgIpc) is 3.07. The molecular formula is C42H78N2. The number of nitrogen functional groups attached to an aromatic ring is 1. The molecule has 2 aromatic rings. The zero-order valence-corrected chi connectivity index (χ0v) is 32.2. The maximum Gasteiger partial charge on any atom is 0.0381 e. The summed E-state index contributed by atoms with van der Waals surface area (Å²) in [6.07, 6.45) is 19.6. The lowest BCUT2D eigenvalue weighted by molar-refractivity contribution is 0.723. The van der Waals surface area contributed by atoms with Crippen LogP contribution in [-0.2, 0) is 0 Å². The normalized spacial score (nSPS) is 12.4. The molecule has 0 unspecified atom stereocenters. The van der Waals surface area contributed by atoms with Crippen LogP contribution in [0.25, 0.3) is 0 Å². The Hall–Kier alpha value is -2.74. The summed E-state index contributed by atoms with van der Waals surface area (Å²) < 4.78 is 0. The number of rotatable bonds is 6. The fourth-order valence-electron chi connectivity index (χ4n) is 2.79. The average molecular weight is 611 g/mol. The molecule has 2 aromatic carbocycles. The van der Waals surface area contributed by atoms with Gasteiger partial charge in [0, 0.05) is 17.1 Å². The predicted octanol–water partition coefficient (Wildman–Crippen LogP) is 15.1. The number of aryl methyl sites for hydroxylation is 2. The molecule has 0 saturated heterocycles. The monoisotopic (exact) mass is 611 g/mol. The van der Waals surface area contributed by atoms with Crippen molar-refractivity contribution >= 4 is 11.4 Å². The molecule has 256 valence electrons. The second-order valence-corrected chi connectivity index (χ2v) is 9.71. The van der Waals surface area contributed by atoms with Gasteiger partial charge in [-0.15, -0.1) is 0 Å². The van der Waals surface area contributed by atoms with Crippen LogP contribution in [0.5, 0.6) is 0 Å². The molecule has 0 bridgehead atoms. The SMILES string of the molecule is C=C(CC)Nc1ccc(C)cc1.CC.CC.CC.CC/C1=C/C=C\CCCC1.CCCC.CCCC.Cc1ccc(N)cc1. The first-order valence-corrected chi connectivity index (χ1v) is 18.0. The first-order chi connectivity index (χ1) is 21.3. The van der Waals surface area contributed by atoms with Crippen molar-refractivity contribution in [2.45, 2.75) is 161 Å². The number of nitrogens with two attached hydrogens (primary N) is 1. The molecule has 0 radical (unpaired) electrons. The highest BCUT2D eigenvalue weighted by Crippen LogP contribution is 2.15. The van der Waals surface area contributed by atoms with Crippen molar-refractivity contribution < 1.29 is 0 Å². The van der Waals surface area contributed by atoms with Gasteiger partial charge in [0.05, 0.1) is 0 Å². The molecule has 44 heavy (non-hydrogen) atoms. The van der Waals surface area contributed by atoms with Gasteiger partial charge in [-0.2, -0.15) is 0 Å². The highest BCUT2D eigenvalue weighted by atomic mass is 14.9. The summed E-state index contributed by atoms with van der Waals surface area (Å²) in [5.74, 6) is 0. The third-order valence-electron chi connectivity index (χ3n) is 5.92. The van der Waals surface area contributed by atoms with Crippen molar-refractivity contribution in [3.8, 4) is 0 Å². The molecule has 0 saturated carbocycles. The van der Waals surface area contributed by atoms with E-state index in [1.807, 2.05) is 72.7 Å². The molecule has 3 N–H and O–H groups in total. The van der Waals surface area contributed by atoms with E-state index < -0.39 is 0 Å². The summed E-state index contributed by atoms with van der Waals surface area (Å²) in [5, 5.41) is 3.22. The highest BCUT2D eigenvalue weighted by molar-refractivity contribution is 5.48. The molecule has 0 aliphatic heterocycles. The zero-order valence-electron chi connectivity index (χ0n) is 32.2. The van der Waals surface area contributed by atoms with Crippen LogP contribution in [0.3, 0.4) is 0 Å². The molecule has 3 rings (SSSR count). The molecule has 0 aromatic heterocycles. The molecule has 0 atom stereocenters. The number of benzene rings is 2. The first-order valence-electron chi connectivity index (χ1n) is 18.0. The Bertz CT molecular complexity index is 813. The van der Waals surface area contributed by atoms with E-state index in [4.69, 9.17) is 5.73 Å². The number of nitrogens with one attached hydrogen (secondary N) is 1.